The average Bonchev–Trinajstić information content (AvgIpc) is 2.94. The summed E-state index contributed by atoms with van der Waals surface area (Å²) >= 11 is 0. The fourth-order valence-electron chi connectivity index (χ4n) is 3.68. The number of cyclic esters (lactones) is 1. The molecule has 23 heavy (non-hydrogen) atoms. The van der Waals surface area contributed by atoms with Crippen LogP contribution in [0.4, 0.5) is 0 Å². The SMILES string of the molecule is CC(=O)OC[C@@H]1C[C@@H]2ON3CC[C@H](OC(C)(C)C)[C@H]3[C@@H]2C(=O)O1. The summed E-state index contributed by atoms with van der Waals surface area (Å²) in [6, 6.07) is -0.0959. The van der Waals surface area contributed by atoms with Crippen molar-refractivity contribution in [3.05, 3.63) is 0 Å². The van der Waals surface area contributed by atoms with Crippen molar-refractivity contribution >= 4 is 11.9 Å². The summed E-state index contributed by atoms with van der Waals surface area (Å²) in [5, 5.41) is 1.88. The number of ether oxygens (including phenoxy) is 3. The molecular weight excluding hydrogens is 302 g/mol. The number of carbonyl (C=O) groups is 2. The van der Waals surface area contributed by atoms with Crippen LogP contribution in [0.15, 0.2) is 0 Å². The average molecular weight is 327 g/mol. The highest BCUT2D eigenvalue weighted by Gasteiger charge is 2.58. The maximum atomic E-state index is 12.5. The second-order valence-electron chi connectivity index (χ2n) is 7.46. The molecule has 3 rings (SSSR count). The number of hydrogen-bond donors (Lipinski definition) is 0. The summed E-state index contributed by atoms with van der Waals surface area (Å²) in [6.07, 6.45) is 0.680. The number of fused-ring (bicyclic) bond motifs is 3. The molecule has 3 aliphatic heterocycles. The summed E-state index contributed by atoms with van der Waals surface area (Å²) in [4.78, 5) is 29.3. The van der Waals surface area contributed by atoms with E-state index in [1.165, 1.54) is 6.92 Å². The van der Waals surface area contributed by atoms with Crippen LogP contribution in [0.2, 0.25) is 0 Å². The lowest BCUT2D eigenvalue weighted by molar-refractivity contribution is -0.187. The van der Waals surface area contributed by atoms with Crippen LogP contribution in [0.3, 0.4) is 0 Å². The van der Waals surface area contributed by atoms with Gasteiger partial charge in [0.2, 0.25) is 0 Å². The molecule has 5 atom stereocenters. The van der Waals surface area contributed by atoms with Crippen LogP contribution < -0.4 is 0 Å². The number of esters is 2. The predicted octanol–water partition coefficient (Wildman–Crippen LogP) is 1.05. The van der Waals surface area contributed by atoms with E-state index in [1.807, 2.05) is 25.8 Å². The van der Waals surface area contributed by atoms with E-state index in [1.54, 1.807) is 0 Å². The molecule has 130 valence electrons. The molecule has 0 aromatic carbocycles. The highest BCUT2D eigenvalue weighted by Crippen LogP contribution is 2.42. The summed E-state index contributed by atoms with van der Waals surface area (Å²) in [5.74, 6) is -0.997. The monoisotopic (exact) mass is 327 g/mol. The van der Waals surface area contributed by atoms with Crippen molar-refractivity contribution in [3.8, 4) is 0 Å². The Morgan fingerprint density at radius 3 is 2.78 bits per heavy atom. The first-order valence-electron chi connectivity index (χ1n) is 8.20. The van der Waals surface area contributed by atoms with E-state index in [2.05, 4.69) is 0 Å². The minimum Gasteiger partial charge on any atom is -0.462 e. The molecule has 0 unspecified atom stereocenters. The quantitative estimate of drug-likeness (QED) is 0.717. The van der Waals surface area contributed by atoms with Crippen LogP contribution in [0.1, 0.15) is 40.5 Å². The zero-order chi connectivity index (χ0) is 16.8. The molecule has 0 bridgehead atoms. The predicted molar refractivity (Wildman–Crippen MR) is 79.2 cm³/mol. The first kappa shape index (κ1) is 16.7. The van der Waals surface area contributed by atoms with Crippen LogP contribution >= 0.6 is 0 Å². The lowest BCUT2D eigenvalue weighted by Crippen LogP contribution is -2.48. The van der Waals surface area contributed by atoms with Crippen molar-refractivity contribution in [3.63, 3.8) is 0 Å². The Hall–Kier alpha value is -1.18. The summed E-state index contributed by atoms with van der Waals surface area (Å²) < 4.78 is 16.5. The molecule has 3 saturated heterocycles. The van der Waals surface area contributed by atoms with Crippen molar-refractivity contribution in [1.29, 1.82) is 0 Å². The molecular formula is C16H25NO6. The van der Waals surface area contributed by atoms with Gasteiger partial charge in [-0.15, -0.1) is 0 Å². The standard InChI is InChI=1S/C16H25NO6/c1-9(18)20-8-10-7-12-13(15(19)21-10)14-11(22-16(2,3)4)5-6-17(14)23-12/h10-14H,5-8H2,1-4H3/t10-,11-,12-,13+,14-/m0/s1. The largest absolute Gasteiger partial charge is 0.462 e. The van der Waals surface area contributed by atoms with Gasteiger partial charge < -0.3 is 14.2 Å². The van der Waals surface area contributed by atoms with Crippen LogP contribution in [0, 0.1) is 5.92 Å². The van der Waals surface area contributed by atoms with Gasteiger partial charge in [-0.05, 0) is 27.2 Å². The molecule has 0 N–H and O–H groups in total. The van der Waals surface area contributed by atoms with Gasteiger partial charge in [-0.3, -0.25) is 14.4 Å². The maximum Gasteiger partial charge on any atom is 0.313 e. The minimum absolute atomic E-state index is 0.0393. The molecule has 3 fully saturated rings. The number of carbonyl (C=O) groups excluding carboxylic acids is 2. The van der Waals surface area contributed by atoms with E-state index in [0.717, 1.165) is 13.0 Å². The molecule has 0 radical (unpaired) electrons. The summed E-state index contributed by atoms with van der Waals surface area (Å²) in [6.45, 7) is 8.20. The highest BCUT2D eigenvalue weighted by atomic mass is 16.7. The molecule has 3 aliphatic rings. The third-order valence-electron chi connectivity index (χ3n) is 4.41. The highest BCUT2D eigenvalue weighted by molar-refractivity contribution is 5.75. The molecule has 0 saturated carbocycles. The third-order valence-corrected chi connectivity index (χ3v) is 4.41. The molecule has 0 aliphatic carbocycles. The lowest BCUT2D eigenvalue weighted by atomic mass is 9.87. The van der Waals surface area contributed by atoms with Crippen molar-refractivity contribution in [2.24, 2.45) is 5.92 Å². The lowest BCUT2D eigenvalue weighted by Gasteiger charge is -2.33. The fraction of sp³-hybridized carbons (Fsp3) is 0.875. The van der Waals surface area contributed by atoms with Crippen molar-refractivity contribution in [2.45, 2.75) is 70.5 Å². The van der Waals surface area contributed by atoms with Gasteiger partial charge >= 0.3 is 11.9 Å². The van der Waals surface area contributed by atoms with Gasteiger partial charge in [0, 0.05) is 19.9 Å². The number of rotatable bonds is 3. The van der Waals surface area contributed by atoms with Gasteiger partial charge in [0.25, 0.3) is 0 Å². The molecule has 0 aromatic heterocycles. The maximum absolute atomic E-state index is 12.5. The second-order valence-corrected chi connectivity index (χ2v) is 7.46. The molecule has 0 aromatic rings. The Bertz CT molecular complexity index is 487. The van der Waals surface area contributed by atoms with Gasteiger partial charge in [0.05, 0.1) is 23.9 Å². The van der Waals surface area contributed by atoms with E-state index in [0.29, 0.717) is 6.42 Å². The van der Waals surface area contributed by atoms with Crippen LogP contribution in [0.5, 0.6) is 0 Å². The molecule has 0 spiro atoms. The van der Waals surface area contributed by atoms with Gasteiger partial charge in [0.1, 0.15) is 18.6 Å². The van der Waals surface area contributed by atoms with Crippen molar-refractivity contribution < 1.29 is 28.6 Å². The van der Waals surface area contributed by atoms with E-state index in [4.69, 9.17) is 19.0 Å². The summed E-state index contributed by atoms with van der Waals surface area (Å²) in [5.41, 5.74) is -0.269. The van der Waals surface area contributed by atoms with Gasteiger partial charge in [0.15, 0.2) is 0 Å². The van der Waals surface area contributed by atoms with E-state index in [9.17, 15) is 9.59 Å². The first-order valence-corrected chi connectivity index (χ1v) is 8.20. The van der Waals surface area contributed by atoms with Crippen LogP contribution in [-0.4, -0.2) is 60.1 Å². The van der Waals surface area contributed by atoms with Gasteiger partial charge in [-0.1, -0.05) is 0 Å². The van der Waals surface area contributed by atoms with Crippen LogP contribution in [0.25, 0.3) is 0 Å². The Morgan fingerprint density at radius 1 is 1.39 bits per heavy atom. The van der Waals surface area contributed by atoms with Gasteiger partial charge in [-0.2, -0.15) is 5.06 Å². The van der Waals surface area contributed by atoms with Crippen molar-refractivity contribution in [2.75, 3.05) is 13.2 Å². The Balaban J connectivity index is 1.67. The number of nitrogens with zero attached hydrogens (tertiary/aromatic N) is 1. The fourth-order valence-corrected chi connectivity index (χ4v) is 3.68. The van der Waals surface area contributed by atoms with E-state index >= 15 is 0 Å². The number of hydroxylamine groups is 2. The minimum atomic E-state index is -0.435. The first-order chi connectivity index (χ1) is 10.7. The topological polar surface area (TPSA) is 74.3 Å². The molecule has 7 nitrogen and oxygen atoms in total. The molecule has 0 amide bonds. The third kappa shape index (κ3) is 3.51. The van der Waals surface area contributed by atoms with Gasteiger partial charge in [-0.25, -0.2) is 0 Å². The molecule has 3 heterocycles. The molecule has 7 heteroatoms. The normalized spacial score (nSPS) is 37.2. The smallest absolute Gasteiger partial charge is 0.313 e. The Morgan fingerprint density at radius 2 is 2.13 bits per heavy atom. The summed E-state index contributed by atoms with van der Waals surface area (Å²) in [7, 11) is 0. The zero-order valence-electron chi connectivity index (χ0n) is 14.1. The van der Waals surface area contributed by atoms with Crippen LogP contribution in [-0.2, 0) is 28.6 Å². The van der Waals surface area contributed by atoms with E-state index < -0.39 is 6.10 Å². The Kier molecular flexibility index (Phi) is 4.37. The Labute approximate surface area is 136 Å². The van der Waals surface area contributed by atoms with Crippen molar-refractivity contribution in [1.82, 2.24) is 5.06 Å². The number of hydrogen-bond acceptors (Lipinski definition) is 7. The van der Waals surface area contributed by atoms with E-state index in [-0.39, 0.29) is 48.3 Å². The zero-order valence-corrected chi connectivity index (χ0v) is 14.1. The second kappa shape index (κ2) is 6.03.